The van der Waals surface area contributed by atoms with E-state index < -0.39 is 17.0 Å². The van der Waals surface area contributed by atoms with Crippen LogP contribution >= 0.6 is 11.6 Å². The number of rotatable bonds is 3. The summed E-state index contributed by atoms with van der Waals surface area (Å²) in [5.74, 6) is -0.835. The second kappa shape index (κ2) is 7.24. The number of hydrogen-bond acceptors (Lipinski definition) is 3. The first-order valence-electron chi connectivity index (χ1n) is 8.49. The lowest BCUT2D eigenvalue weighted by atomic mass is 9.70. The average Bonchev–Trinajstić information content (AvgIpc) is 2.48. The number of halogens is 1. The number of aliphatic carboxylic acids is 1. The first kappa shape index (κ1) is 19.6. The maximum atomic E-state index is 12.3. The Hall–Kier alpha value is -1.75. The van der Waals surface area contributed by atoms with Crippen molar-refractivity contribution in [1.82, 2.24) is 4.90 Å². The van der Waals surface area contributed by atoms with Crippen LogP contribution in [0.4, 0.5) is 4.79 Å². The quantitative estimate of drug-likeness (QED) is 0.860. The van der Waals surface area contributed by atoms with Crippen LogP contribution in [0.25, 0.3) is 0 Å². The third-order valence-electron chi connectivity index (χ3n) is 4.63. The first-order valence-corrected chi connectivity index (χ1v) is 8.87. The summed E-state index contributed by atoms with van der Waals surface area (Å²) in [7, 11) is 0. The smallest absolute Gasteiger partial charge is 0.410 e. The van der Waals surface area contributed by atoms with Gasteiger partial charge in [-0.3, -0.25) is 4.79 Å². The molecule has 0 aliphatic carbocycles. The van der Waals surface area contributed by atoms with Crippen molar-refractivity contribution in [3.05, 3.63) is 34.3 Å². The van der Waals surface area contributed by atoms with Gasteiger partial charge in [0, 0.05) is 23.5 Å². The van der Waals surface area contributed by atoms with E-state index in [2.05, 4.69) is 0 Å². The van der Waals surface area contributed by atoms with E-state index in [1.54, 1.807) is 4.90 Å². The first-order chi connectivity index (χ1) is 11.5. The topological polar surface area (TPSA) is 66.8 Å². The summed E-state index contributed by atoms with van der Waals surface area (Å²) in [6.45, 7) is 8.37. The van der Waals surface area contributed by atoms with Crippen LogP contribution < -0.4 is 0 Å². The Balaban J connectivity index is 2.20. The molecule has 25 heavy (non-hydrogen) atoms. The minimum atomic E-state index is -0.835. The molecule has 1 fully saturated rings. The fourth-order valence-corrected chi connectivity index (χ4v) is 3.39. The van der Waals surface area contributed by atoms with Gasteiger partial charge in [-0.15, -0.1) is 0 Å². The van der Waals surface area contributed by atoms with Crippen LogP contribution in [0, 0.1) is 6.92 Å². The van der Waals surface area contributed by atoms with Crippen LogP contribution in [0.1, 0.15) is 51.2 Å². The van der Waals surface area contributed by atoms with Crippen molar-refractivity contribution >= 4 is 23.7 Å². The van der Waals surface area contributed by atoms with Gasteiger partial charge >= 0.3 is 12.1 Å². The Labute approximate surface area is 153 Å². The Morgan fingerprint density at radius 2 is 1.88 bits per heavy atom. The van der Waals surface area contributed by atoms with Gasteiger partial charge in [0.2, 0.25) is 0 Å². The third-order valence-corrected chi connectivity index (χ3v) is 5.06. The molecule has 2 rings (SSSR count). The van der Waals surface area contributed by atoms with Gasteiger partial charge in [0.25, 0.3) is 0 Å². The molecule has 1 amide bonds. The number of aryl methyl sites for hydroxylation is 1. The van der Waals surface area contributed by atoms with E-state index >= 15 is 0 Å². The monoisotopic (exact) mass is 367 g/mol. The van der Waals surface area contributed by atoms with Crippen LogP contribution in [-0.4, -0.2) is 40.8 Å². The molecule has 1 aliphatic heterocycles. The molecule has 5 nitrogen and oxygen atoms in total. The largest absolute Gasteiger partial charge is 0.481 e. The molecule has 1 heterocycles. The van der Waals surface area contributed by atoms with Crippen molar-refractivity contribution in [1.29, 1.82) is 0 Å². The molecule has 138 valence electrons. The molecule has 0 unspecified atom stereocenters. The number of nitrogens with zero attached hydrogens (tertiary/aromatic N) is 1. The molecule has 6 heteroatoms. The molecule has 1 aliphatic rings. The molecule has 1 aromatic carbocycles. The third kappa shape index (κ3) is 4.88. The molecule has 1 N–H and O–H groups in total. The molecule has 0 atom stereocenters. The van der Waals surface area contributed by atoms with Crippen molar-refractivity contribution in [2.75, 3.05) is 13.1 Å². The normalized spacial score (nSPS) is 17.2. The van der Waals surface area contributed by atoms with Gasteiger partial charge in [0.05, 0.1) is 6.42 Å². The van der Waals surface area contributed by atoms with Crippen molar-refractivity contribution in [3.8, 4) is 0 Å². The van der Waals surface area contributed by atoms with E-state index in [1.165, 1.54) is 0 Å². The minimum absolute atomic E-state index is 0.0379. The standard InChI is InChI=1S/C19H26ClNO4/c1-13-11-14(5-6-15(13)20)19(12-16(22)23)7-9-21(10-8-19)17(24)25-18(2,3)4/h5-6,11H,7-10,12H2,1-4H3,(H,22,23). The molecule has 0 saturated carbocycles. The summed E-state index contributed by atoms with van der Waals surface area (Å²) in [5.41, 5.74) is 0.874. The van der Waals surface area contributed by atoms with Gasteiger partial charge in [-0.05, 0) is 57.7 Å². The predicted octanol–water partition coefficient (Wildman–Crippen LogP) is 4.39. The number of ether oxygens (including phenoxy) is 1. The highest BCUT2D eigenvalue weighted by Crippen LogP contribution is 2.40. The van der Waals surface area contributed by atoms with Crippen LogP contribution in [-0.2, 0) is 14.9 Å². The van der Waals surface area contributed by atoms with Crippen LogP contribution in [0.3, 0.4) is 0 Å². The SMILES string of the molecule is Cc1cc(C2(CC(=O)O)CCN(C(=O)OC(C)(C)C)CC2)ccc1Cl. The Morgan fingerprint density at radius 3 is 2.36 bits per heavy atom. The van der Waals surface area contributed by atoms with Gasteiger partial charge in [0.1, 0.15) is 5.60 Å². The highest BCUT2D eigenvalue weighted by atomic mass is 35.5. The number of piperidine rings is 1. The van der Waals surface area contributed by atoms with E-state index in [9.17, 15) is 14.7 Å². The van der Waals surface area contributed by atoms with E-state index in [4.69, 9.17) is 16.3 Å². The number of hydrogen-bond donors (Lipinski definition) is 1. The van der Waals surface area contributed by atoms with Gasteiger partial charge < -0.3 is 14.7 Å². The van der Waals surface area contributed by atoms with Crippen molar-refractivity contribution in [3.63, 3.8) is 0 Å². The zero-order valence-corrected chi connectivity index (χ0v) is 16.0. The number of carbonyl (C=O) groups is 2. The zero-order chi connectivity index (χ0) is 18.8. The minimum Gasteiger partial charge on any atom is -0.481 e. The lowest BCUT2D eigenvalue weighted by molar-refractivity contribution is -0.139. The highest BCUT2D eigenvalue weighted by Gasteiger charge is 2.40. The van der Waals surface area contributed by atoms with Crippen molar-refractivity contribution in [2.24, 2.45) is 0 Å². The summed E-state index contributed by atoms with van der Waals surface area (Å²) in [6.07, 6.45) is 0.860. The summed E-state index contributed by atoms with van der Waals surface area (Å²) in [5, 5.41) is 10.1. The molecular formula is C19H26ClNO4. The van der Waals surface area contributed by atoms with Gasteiger partial charge in [-0.1, -0.05) is 23.7 Å². The number of carboxylic acid groups (broad SMARTS) is 1. The fraction of sp³-hybridized carbons (Fsp3) is 0.579. The van der Waals surface area contributed by atoms with Gasteiger partial charge in [-0.2, -0.15) is 0 Å². The van der Waals surface area contributed by atoms with Crippen LogP contribution in [0.5, 0.6) is 0 Å². The second-order valence-corrected chi connectivity index (χ2v) is 8.19. The zero-order valence-electron chi connectivity index (χ0n) is 15.3. The molecule has 0 bridgehead atoms. The molecule has 1 saturated heterocycles. The van der Waals surface area contributed by atoms with Gasteiger partial charge in [0.15, 0.2) is 0 Å². The molecule has 0 spiro atoms. The summed E-state index contributed by atoms with van der Waals surface area (Å²) in [6, 6.07) is 5.69. The summed E-state index contributed by atoms with van der Waals surface area (Å²) < 4.78 is 5.42. The number of likely N-dealkylation sites (tertiary alicyclic amines) is 1. The lowest BCUT2D eigenvalue weighted by Gasteiger charge is -2.41. The van der Waals surface area contributed by atoms with E-state index in [0.717, 1.165) is 11.1 Å². The van der Waals surface area contributed by atoms with Crippen molar-refractivity contribution < 1.29 is 19.4 Å². The number of carbonyl (C=O) groups excluding carboxylic acids is 1. The number of benzene rings is 1. The van der Waals surface area contributed by atoms with Crippen molar-refractivity contribution in [2.45, 2.75) is 58.0 Å². The highest BCUT2D eigenvalue weighted by molar-refractivity contribution is 6.31. The van der Waals surface area contributed by atoms with E-state index in [0.29, 0.717) is 31.0 Å². The lowest BCUT2D eigenvalue weighted by Crippen LogP contribution is -2.47. The molecule has 1 aromatic rings. The molecule has 0 radical (unpaired) electrons. The predicted molar refractivity (Wildman–Crippen MR) is 97.2 cm³/mol. The maximum absolute atomic E-state index is 12.3. The maximum Gasteiger partial charge on any atom is 0.410 e. The van der Waals surface area contributed by atoms with Crippen LogP contribution in [0.2, 0.25) is 5.02 Å². The second-order valence-electron chi connectivity index (χ2n) is 7.78. The fourth-order valence-electron chi connectivity index (χ4n) is 3.28. The van der Waals surface area contributed by atoms with E-state index in [1.807, 2.05) is 45.9 Å². The van der Waals surface area contributed by atoms with E-state index in [-0.39, 0.29) is 12.5 Å². The van der Waals surface area contributed by atoms with Gasteiger partial charge in [-0.25, -0.2) is 4.79 Å². The summed E-state index contributed by atoms with van der Waals surface area (Å²) in [4.78, 5) is 25.4. The Bertz CT molecular complexity index is 658. The average molecular weight is 368 g/mol. The molecule has 0 aromatic heterocycles. The number of amides is 1. The number of carboxylic acids is 1. The Morgan fingerprint density at radius 1 is 1.28 bits per heavy atom. The Kier molecular flexibility index (Phi) is 5.67. The summed E-state index contributed by atoms with van der Waals surface area (Å²) >= 11 is 6.11. The molecular weight excluding hydrogens is 342 g/mol. The van der Waals surface area contributed by atoms with Crippen LogP contribution in [0.15, 0.2) is 18.2 Å².